The van der Waals surface area contributed by atoms with E-state index in [2.05, 4.69) is 101 Å². The van der Waals surface area contributed by atoms with Gasteiger partial charge in [0.25, 0.3) is 0 Å². The van der Waals surface area contributed by atoms with E-state index in [9.17, 15) is 72.2 Å². The van der Waals surface area contributed by atoms with Crippen LogP contribution in [0, 0.1) is 71.0 Å². The number of benzene rings is 4. The molecule has 0 bridgehead atoms. The Labute approximate surface area is 752 Å². The van der Waals surface area contributed by atoms with Gasteiger partial charge >= 0.3 is 0 Å². The number of carbonyl (C=O) groups excluding carboxylic acids is 14. The number of aromatic nitrogens is 1. The lowest BCUT2D eigenvalue weighted by Gasteiger charge is -2.28. The lowest BCUT2D eigenvalue weighted by Crippen LogP contribution is -2.54. The summed E-state index contributed by atoms with van der Waals surface area (Å²) in [6.07, 6.45) is 8.14. The van der Waals surface area contributed by atoms with Crippen LogP contribution >= 0.6 is 0 Å². The number of primary amides is 1. The van der Waals surface area contributed by atoms with Gasteiger partial charge in [-0.05, 0) is 122 Å². The van der Waals surface area contributed by atoms with Crippen LogP contribution in [0.15, 0.2) is 97.2 Å². The largest absolute Gasteiger partial charge is 0.508 e. The normalized spacial score (nSPS) is 26.5. The molecule has 5 saturated heterocycles. The number of phenolic OH excluding ortho intramolecular Hbond substituents is 1. The Kier molecular flexibility index (Phi) is 33.2. The van der Waals surface area contributed by atoms with E-state index in [1.807, 2.05) is 101 Å². The third-order valence-electron chi connectivity index (χ3n) is 27.6. The summed E-state index contributed by atoms with van der Waals surface area (Å²) in [4.78, 5) is 199. The number of hydrogen-bond acceptors (Lipinski definition) is 20. The second-order valence-electron chi connectivity index (χ2n) is 37.8. The topological polar surface area (TPSA) is 518 Å². The van der Waals surface area contributed by atoms with Crippen LogP contribution in [-0.2, 0) is 86.4 Å². The summed E-state index contributed by atoms with van der Waals surface area (Å²) in [6.45, 7) is 11.8. The van der Waals surface area contributed by atoms with E-state index in [0.29, 0.717) is 89.4 Å². The highest BCUT2D eigenvalue weighted by molar-refractivity contribution is 5.92. The Bertz CT molecular complexity index is 4830. The van der Waals surface area contributed by atoms with Gasteiger partial charge in [-0.2, -0.15) is 0 Å². The van der Waals surface area contributed by atoms with Crippen molar-refractivity contribution in [2.45, 2.75) is 204 Å². The molecule has 4 aromatic carbocycles. The molecule has 5 aromatic rings. The van der Waals surface area contributed by atoms with E-state index in [1.54, 1.807) is 12.1 Å². The number of nitrogens with one attached hydrogen (secondary N) is 19. The van der Waals surface area contributed by atoms with Gasteiger partial charge in [0.05, 0.1) is 89.4 Å². The van der Waals surface area contributed by atoms with E-state index in [-0.39, 0.29) is 174 Å². The first-order valence-corrected chi connectivity index (χ1v) is 46.5. The van der Waals surface area contributed by atoms with Gasteiger partial charge in [0.1, 0.15) is 5.75 Å². The number of rotatable bonds is 40. The first kappa shape index (κ1) is 95.4. The number of nitrogens with two attached hydrogens (primary N) is 1. The van der Waals surface area contributed by atoms with Crippen molar-refractivity contribution in [3.05, 3.63) is 114 Å². The number of amides is 14. The summed E-state index contributed by atoms with van der Waals surface area (Å²) in [5.41, 5.74) is 9.01. The number of para-hydroxylation sites is 1. The summed E-state index contributed by atoms with van der Waals surface area (Å²) in [7, 11) is 0. The molecule has 14 amide bonds. The number of aromatic amines is 1. The molecule has 35 heteroatoms. The van der Waals surface area contributed by atoms with Crippen molar-refractivity contribution in [2.75, 3.05) is 78.5 Å². The smallest absolute Gasteiger partial charge is 0.226 e. The van der Waals surface area contributed by atoms with Crippen molar-refractivity contribution in [3.63, 3.8) is 0 Å². The number of hydrogen-bond donors (Lipinski definition) is 21. The molecule has 21 atom stereocenters. The van der Waals surface area contributed by atoms with Crippen LogP contribution in [0.1, 0.15) is 135 Å². The Morgan fingerprint density at radius 1 is 0.395 bits per heavy atom. The Hall–Kier alpha value is -11.1. The van der Waals surface area contributed by atoms with E-state index in [1.165, 1.54) is 19.1 Å². The zero-order valence-corrected chi connectivity index (χ0v) is 74.6. The SMILES string of the molecule is CC(=O)NC1CCCC1C(=O)N[C@H](CC(=O)NC1CCCC1C(=O)NC[C@H](CC(C)C)C(=O)NC1CNCC1C(=O)NC1CNCC1C(=O)N[C@H](CC(=O)NC1CCCC1C(=O)NC[C@H](Cc1ccc(O)cc1)C(=O)NC1CNCC1C(=O)NC1CNCC1C(=O)N[C@H](CC(=O)NC1CNCC1C(N)=O)C(C)C)Cc1cccc2ccccc12)Cc1c[nH]c2ccccc12. The maximum absolute atomic E-state index is 14.9. The number of H-pyrrole nitrogens is 1. The molecule has 13 rings (SSSR count). The highest BCUT2D eigenvalue weighted by atomic mass is 16.3. The Balaban J connectivity index is 0.594. The molecule has 698 valence electrons. The minimum absolute atomic E-state index is 0.00953. The fraction of sp³-hybridized carbons (Fsp3) is 0.596. The van der Waals surface area contributed by atoms with E-state index in [4.69, 9.17) is 5.73 Å². The monoisotopic (exact) mass is 1780 g/mol. The highest BCUT2D eigenvalue weighted by Crippen LogP contribution is 2.32. The van der Waals surface area contributed by atoms with Crippen LogP contribution in [0.25, 0.3) is 21.7 Å². The third-order valence-corrected chi connectivity index (χ3v) is 27.6. The minimum atomic E-state index is -0.868. The lowest BCUT2D eigenvalue weighted by molar-refractivity contribution is -0.132. The second kappa shape index (κ2) is 44.9. The molecule has 3 saturated carbocycles. The molecule has 1 aromatic heterocycles. The van der Waals surface area contributed by atoms with E-state index in [0.717, 1.165) is 39.2 Å². The fourth-order valence-electron chi connectivity index (χ4n) is 20.5. The summed E-state index contributed by atoms with van der Waals surface area (Å²) >= 11 is 0. The van der Waals surface area contributed by atoms with Gasteiger partial charge in [-0.3, -0.25) is 67.1 Å². The molecule has 5 aliphatic heterocycles. The minimum Gasteiger partial charge on any atom is -0.508 e. The van der Waals surface area contributed by atoms with Gasteiger partial charge in [0.15, 0.2) is 0 Å². The summed E-state index contributed by atoms with van der Waals surface area (Å²) in [6, 6.07) is 21.5. The maximum Gasteiger partial charge on any atom is 0.226 e. The molecule has 0 spiro atoms. The van der Waals surface area contributed by atoms with Crippen molar-refractivity contribution in [1.29, 1.82) is 0 Å². The van der Waals surface area contributed by atoms with Gasteiger partial charge < -0.3 is 112 Å². The predicted molar refractivity (Wildman–Crippen MR) is 483 cm³/mol. The van der Waals surface area contributed by atoms with E-state index >= 15 is 0 Å². The first-order chi connectivity index (χ1) is 62.1. The van der Waals surface area contributed by atoms with Gasteiger partial charge in [-0.1, -0.05) is 120 Å². The highest BCUT2D eigenvalue weighted by Gasteiger charge is 2.46. The van der Waals surface area contributed by atoms with Gasteiger partial charge in [0.2, 0.25) is 82.7 Å². The molecule has 16 unspecified atom stereocenters. The number of fused-ring (bicyclic) bond motifs is 2. The van der Waals surface area contributed by atoms with Crippen LogP contribution in [-0.4, -0.2) is 238 Å². The average molecular weight is 1780 g/mol. The maximum atomic E-state index is 14.9. The Morgan fingerprint density at radius 2 is 0.822 bits per heavy atom. The molecule has 3 aliphatic carbocycles. The molecule has 35 nitrogen and oxygen atoms in total. The molecule has 22 N–H and O–H groups in total. The van der Waals surface area contributed by atoms with Gasteiger partial charge in [-0.25, -0.2) is 0 Å². The summed E-state index contributed by atoms with van der Waals surface area (Å²) < 4.78 is 0. The van der Waals surface area contributed by atoms with Crippen molar-refractivity contribution in [2.24, 2.45) is 76.7 Å². The number of phenols is 1. The zero-order valence-electron chi connectivity index (χ0n) is 74.6. The van der Waals surface area contributed by atoms with Crippen LogP contribution in [0.5, 0.6) is 5.75 Å². The molecule has 0 radical (unpaired) electrons. The van der Waals surface area contributed by atoms with Crippen LogP contribution in [0.2, 0.25) is 0 Å². The number of aromatic hydroxyl groups is 1. The lowest BCUT2D eigenvalue weighted by atomic mass is 9.93. The molecular weight excluding hydrogens is 1650 g/mol. The molecule has 129 heavy (non-hydrogen) atoms. The average Bonchev–Trinajstić information content (AvgIpc) is 1.77. The first-order valence-electron chi connectivity index (χ1n) is 46.5. The number of carbonyl (C=O) groups is 14. The quantitative estimate of drug-likeness (QED) is 0.0240. The third kappa shape index (κ3) is 25.5. The van der Waals surface area contributed by atoms with Crippen LogP contribution < -0.4 is 101 Å². The van der Waals surface area contributed by atoms with Gasteiger partial charge in [0, 0.05) is 158 Å². The fourth-order valence-corrected chi connectivity index (χ4v) is 20.5. The van der Waals surface area contributed by atoms with Crippen molar-refractivity contribution in [3.8, 4) is 5.75 Å². The molecule has 6 heterocycles. The summed E-state index contributed by atoms with van der Waals surface area (Å²) in [5.74, 6) is -11.8. The standard InChI is InChI=1S/C94H132N20O15/c1-50(2)30-57(38-102-88(123)64-19-11-24-74(64)108-83(118)35-60(33-56-37-101-72-22-9-8-18-63(56)72)105-90(125)66-21-13-23-73(66)104-52(5)115)86(121)111-78-46-98-42-69(78)93(128)113-80-48-97-41-68(80)91(126)106-59(32-55-16-10-15-54-14-6-7-17-62(54)55)34-82(117)107-75-25-12-20-65(75)89(124)103-39-58(31-53-26-28-61(116)29-27-53)87(122)112-79-47-99-43-70(79)94(129)114-81-49-100-44-71(81)92(127)110-76(51(3)4)36-84(119)109-77-45-96-40-67(77)85(95)120/h6-10,14-18,22,26-29,37,50-51,57-60,64-71,73-81,96-101,116H,11-13,19-21,23-25,30-36,38-49H2,1-5H3,(H2,95,120)(H,102,123)(H,103,124)(H,104,115)(H,105,125)(H,106,126)(H,107,117)(H,108,118)(H,109,119)(H,110,127)(H,111,121)(H,112,122)(H,113,128)(H,114,129)/t57-,58-,59-,60-,64?,65?,66?,67?,68?,69?,70?,71?,73?,74?,75?,76+,77?,78?,79?,80?,81?/m0/s1. The Morgan fingerprint density at radius 3 is 1.35 bits per heavy atom. The van der Waals surface area contributed by atoms with Crippen LogP contribution in [0.4, 0.5) is 0 Å². The summed E-state index contributed by atoms with van der Waals surface area (Å²) in [5, 5.41) is 69.1. The van der Waals surface area contributed by atoms with Crippen molar-refractivity contribution < 1.29 is 72.2 Å². The molecule has 8 aliphatic rings. The van der Waals surface area contributed by atoms with Crippen LogP contribution in [0.3, 0.4) is 0 Å². The molecule has 8 fully saturated rings. The van der Waals surface area contributed by atoms with E-state index < -0.39 is 143 Å². The van der Waals surface area contributed by atoms with Crippen molar-refractivity contribution in [1.82, 2.24) is 101 Å². The predicted octanol–water partition coefficient (Wildman–Crippen LogP) is -0.273. The zero-order chi connectivity index (χ0) is 91.5. The second-order valence-corrected chi connectivity index (χ2v) is 37.8. The molecular formula is C94H132N20O15. The van der Waals surface area contributed by atoms with Gasteiger partial charge in [-0.15, -0.1) is 0 Å². The van der Waals surface area contributed by atoms with Crippen molar-refractivity contribution >= 4 is 104 Å².